The number of amides is 1. The maximum Gasteiger partial charge on any atom is 0.412 e. The van der Waals surface area contributed by atoms with Crippen molar-refractivity contribution < 1.29 is 14.3 Å². The van der Waals surface area contributed by atoms with Crippen LogP contribution in [0.3, 0.4) is 0 Å². The molecule has 0 heterocycles. The number of nitrogens with one attached hydrogen (secondary N) is 1. The van der Waals surface area contributed by atoms with Gasteiger partial charge in [-0.25, -0.2) is 4.79 Å². The number of hydrogen-bond acceptors (Lipinski definition) is 4. The zero-order chi connectivity index (χ0) is 16.4. The van der Waals surface area contributed by atoms with Crippen molar-refractivity contribution in [2.45, 2.75) is 57.6 Å². The van der Waals surface area contributed by atoms with E-state index in [2.05, 4.69) is 5.32 Å². The molecule has 1 saturated carbocycles. The van der Waals surface area contributed by atoms with Crippen LogP contribution >= 0.6 is 0 Å². The van der Waals surface area contributed by atoms with E-state index in [0.29, 0.717) is 5.69 Å². The van der Waals surface area contributed by atoms with Crippen LogP contribution in [0.2, 0.25) is 0 Å². The third-order valence-corrected chi connectivity index (χ3v) is 3.88. The van der Waals surface area contributed by atoms with E-state index in [4.69, 9.17) is 15.2 Å². The summed E-state index contributed by atoms with van der Waals surface area (Å²) in [6.07, 6.45) is 3.62. The Bertz CT molecular complexity index is 543. The number of nitrogens with two attached hydrogens (primary N) is 1. The zero-order valence-corrected chi connectivity index (χ0v) is 13.9. The van der Waals surface area contributed by atoms with Crippen LogP contribution in [-0.2, 0) is 10.3 Å². The minimum atomic E-state index is -0.528. The molecule has 3 N–H and O–H groups in total. The molecule has 1 aromatic rings. The van der Waals surface area contributed by atoms with Gasteiger partial charge in [0.25, 0.3) is 0 Å². The fraction of sp³-hybridized carbons (Fsp3) is 0.588. The van der Waals surface area contributed by atoms with E-state index >= 15 is 0 Å². The standard InChI is InChI=1S/C17H26N2O3/c1-16(2,3)22-15(20)19-12-7-8-14(21-4)13(11-12)17(18)9-5-6-10-17/h7-8,11H,5-6,9-10,18H2,1-4H3,(H,19,20). The lowest BCUT2D eigenvalue weighted by Gasteiger charge is -2.27. The van der Waals surface area contributed by atoms with E-state index in [1.54, 1.807) is 13.2 Å². The Kier molecular flexibility index (Phi) is 4.66. The molecule has 0 bridgehead atoms. The molecule has 0 aliphatic heterocycles. The molecule has 1 aliphatic carbocycles. The molecule has 1 aromatic carbocycles. The summed E-state index contributed by atoms with van der Waals surface area (Å²) < 4.78 is 10.7. The second kappa shape index (κ2) is 6.16. The van der Waals surface area contributed by atoms with Gasteiger partial charge in [-0.1, -0.05) is 12.8 Å². The van der Waals surface area contributed by atoms with Gasteiger partial charge in [-0.2, -0.15) is 0 Å². The summed E-state index contributed by atoms with van der Waals surface area (Å²) in [4.78, 5) is 11.9. The van der Waals surface area contributed by atoms with Crippen molar-refractivity contribution in [1.29, 1.82) is 0 Å². The molecule has 0 aromatic heterocycles. The molecule has 0 spiro atoms. The Morgan fingerprint density at radius 1 is 1.27 bits per heavy atom. The molecule has 1 amide bonds. The SMILES string of the molecule is COc1ccc(NC(=O)OC(C)(C)C)cc1C1(N)CCCC1. The molecule has 0 unspecified atom stereocenters. The number of anilines is 1. The Morgan fingerprint density at radius 2 is 1.91 bits per heavy atom. The first kappa shape index (κ1) is 16.6. The second-order valence-corrected chi connectivity index (χ2v) is 6.91. The topological polar surface area (TPSA) is 73.6 Å². The van der Waals surface area contributed by atoms with Gasteiger partial charge in [0.1, 0.15) is 11.4 Å². The molecule has 122 valence electrons. The van der Waals surface area contributed by atoms with Crippen LogP contribution < -0.4 is 15.8 Å². The summed E-state index contributed by atoms with van der Waals surface area (Å²) in [6, 6.07) is 5.54. The fourth-order valence-corrected chi connectivity index (χ4v) is 2.87. The van der Waals surface area contributed by atoms with Crippen LogP contribution in [0.1, 0.15) is 52.0 Å². The van der Waals surface area contributed by atoms with Crippen LogP contribution in [0.25, 0.3) is 0 Å². The number of ether oxygens (including phenoxy) is 2. The number of carbonyl (C=O) groups is 1. The fourth-order valence-electron chi connectivity index (χ4n) is 2.87. The average Bonchev–Trinajstić information content (AvgIpc) is 2.84. The number of benzene rings is 1. The maximum atomic E-state index is 11.9. The number of methoxy groups -OCH3 is 1. The zero-order valence-electron chi connectivity index (χ0n) is 13.9. The lowest BCUT2D eigenvalue weighted by atomic mass is 9.88. The van der Waals surface area contributed by atoms with Gasteiger partial charge >= 0.3 is 6.09 Å². The predicted molar refractivity (Wildman–Crippen MR) is 87.2 cm³/mol. The molecule has 2 rings (SSSR count). The first-order chi connectivity index (χ1) is 10.2. The highest BCUT2D eigenvalue weighted by molar-refractivity contribution is 5.85. The lowest BCUT2D eigenvalue weighted by molar-refractivity contribution is 0.0636. The van der Waals surface area contributed by atoms with Crippen molar-refractivity contribution in [1.82, 2.24) is 0 Å². The normalized spacial score (nSPS) is 17.1. The van der Waals surface area contributed by atoms with Crippen LogP contribution in [-0.4, -0.2) is 18.8 Å². The van der Waals surface area contributed by atoms with Gasteiger partial charge in [-0.05, 0) is 51.8 Å². The van der Waals surface area contributed by atoms with Gasteiger partial charge in [0.15, 0.2) is 0 Å². The largest absolute Gasteiger partial charge is 0.496 e. The van der Waals surface area contributed by atoms with Crippen molar-refractivity contribution in [3.63, 3.8) is 0 Å². The van der Waals surface area contributed by atoms with Crippen molar-refractivity contribution in [3.8, 4) is 5.75 Å². The van der Waals surface area contributed by atoms with E-state index in [9.17, 15) is 4.79 Å². The Hall–Kier alpha value is -1.75. The van der Waals surface area contributed by atoms with Gasteiger partial charge in [-0.3, -0.25) is 5.32 Å². The first-order valence-electron chi connectivity index (χ1n) is 7.71. The number of carbonyl (C=O) groups excluding carboxylic acids is 1. The van der Waals surface area contributed by atoms with Gasteiger partial charge in [-0.15, -0.1) is 0 Å². The summed E-state index contributed by atoms with van der Waals surface area (Å²) in [5.41, 5.74) is 7.24. The van der Waals surface area contributed by atoms with E-state index in [-0.39, 0.29) is 5.54 Å². The quantitative estimate of drug-likeness (QED) is 0.891. The first-order valence-corrected chi connectivity index (χ1v) is 7.71. The molecule has 5 heteroatoms. The van der Waals surface area contributed by atoms with Gasteiger partial charge in [0.05, 0.1) is 7.11 Å². The summed E-state index contributed by atoms with van der Waals surface area (Å²) in [5.74, 6) is 0.763. The van der Waals surface area contributed by atoms with E-state index in [1.807, 2.05) is 32.9 Å². The van der Waals surface area contributed by atoms with Crippen molar-refractivity contribution in [2.24, 2.45) is 5.73 Å². The minimum Gasteiger partial charge on any atom is -0.496 e. The van der Waals surface area contributed by atoms with E-state index < -0.39 is 11.7 Å². The Morgan fingerprint density at radius 3 is 2.45 bits per heavy atom. The van der Waals surface area contributed by atoms with E-state index in [0.717, 1.165) is 37.0 Å². The second-order valence-electron chi connectivity index (χ2n) is 6.91. The average molecular weight is 306 g/mol. The highest BCUT2D eigenvalue weighted by Crippen LogP contribution is 2.41. The van der Waals surface area contributed by atoms with Gasteiger partial charge < -0.3 is 15.2 Å². The predicted octanol–water partition coefficient (Wildman–Crippen LogP) is 3.77. The van der Waals surface area contributed by atoms with Gasteiger partial charge in [0, 0.05) is 16.8 Å². The molecular formula is C17H26N2O3. The summed E-state index contributed by atoms with van der Waals surface area (Å²) in [5, 5.41) is 2.76. The smallest absolute Gasteiger partial charge is 0.412 e. The molecule has 5 nitrogen and oxygen atoms in total. The van der Waals surface area contributed by atoms with Gasteiger partial charge in [0.2, 0.25) is 0 Å². The van der Waals surface area contributed by atoms with Crippen LogP contribution in [0.4, 0.5) is 10.5 Å². The lowest BCUT2D eigenvalue weighted by Crippen LogP contribution is -2.33. The molecule has 22 heavy (non-hydrogen) atoms. The number of rotatable bonds is 3. The Labute approximate surface area is 132 Å². The van der Waals surface area contributed by atoms with E-state index in [1.165, 1.54) is 0 Å². The van der Waals surface area contributed by atoms with Crippen LogP contribution in [0.15, 0.2) is 18.2 Å². The molecule has 0 atom stereocenters. The summed E-state index contributed by atoms with van der Waals surface area (Å²) in [6.45, 7) is 5.50. The summed E-state index contributed by atoms with van der Waals surface area (Å²) in [7, 11) is 1.64. The third kappa shape index (κ3) is 3.91. The van der Waals surface area contributed by atoms with Crippen molar-refractivity contribution in [2.75, 3.05) is 12.4 Å². The Balaban J connectivity index is 2.22. The highest BCUT2D eigenvalue weighted by atomic mass is 16.6. The molecule has 1 fully saturated rings. The number of hydrogen-bond donors (Lipinski definition) is 2. The maximum absolute atomic E-state index is 11.9. The molecule has 0 radical (unpaired) electrons. The third-order valence-electron chi connectivity index (χ3n) is 3.88. The minimum absolute atomic E-state index is 0.378. The summed E-state index contributed by atoms with van der Waals surface area (Å²) >= 11 is 0. The van der Waals surface area contributed by atoms with Crippen molar-refractivity contribution >= 4 is 11.8 Å². The van der Waals surface area contributed by atoms with Crippen LogP contribution in [0.5, 0.6) is 5.75 Å². The monoisotopic (exact) mass is 306 g/mol. The molecule has 1 aliphatic rings. The molecule has 0 saturated heterocycles. The van der Waals surface area contributed by atoms with Crippen LogP contribution in [0, 0.1) is 0 Å². The molecular weight excluding hydrogens is 280 g/mol. The van der Waals surface area contributed by atoms with Crippen molar-refractivity contribution in [3.05, 3.63) is 23.8 Å². The highest BCUT2D eigenvalue weighted by Gasteiger charge is 2.34.